The lowest BCUT2D eigenvalue weighted by Crippen LogP contribution is -2.42. The first-order valence-electron chi connectivity index (χ1n) is 8.95. The number of carbonyl (C=O) groups is 1. The van der Waals surface area contributed by atoms with E-state index in [1.54, 1.807) is 42.7 Å². The summed E-state index contributed by atoms with van der Waals surface area (Å²) in [6.07, 6.45) is 5.35. The fraction of sp³-hybridized carbons (Fsp3) is 0.263. The third-order valence-corrected chi connectivity index (χ3v) is 6.10. The van der Waals surface area contributed by atoms with Gasteiger partial charge in [-0.3, -0.25) is 9.78 Å². The van der Waals surface area contributed by atoms with Crippen LogP contribution in [0.3, 0.4) is 0 Å². The number of esters is 1. The molecule has 0 aliphatic rings. The second kappa shape index (κ2) is 10.3. The van der Waals surface area contributed by atoms with Crippen molar-refractivity contribution in [2.24, 2.45) is 0 Å². The zero-order valence-electron chi connectivity index (χ0n) is 16.1. The third-order valence-electron chi connectivity index (χ3n) is 3.97. The summed E-state index contributed by atoms with van der Waals surface area (Å²) in [5.74, 6) is 0.266. The van der Waals surface area contributed by atoms with Gasteiger partial charge in [0, 0.05) is 18.0 Å². The minimum Gasteiger partial charge on any atom is -0.454 e. The van der Waals surface area contributed by atoms with Crippen LogP contribution in [0, 0.1) is 0 Å². The molecule has 3 rings (SSSR count). The molecule has 0 amide bonds. The van der Waals surface area contributed by atoms with Gasteiger partial charge in [0.15, 0.2) is 6.61 Å². The molecule has 0 saturated heterocycles. The maximum atomic E-state index is 12.6. The van der Waals surface area contributed by atoms with E-state index in [0.717, 1.165) is 0 Å². The van der Waals surface area contributed by atoms with Crippen molar-refractivity contribution in [2.45, 2.75) is 24.0 Å². The summed E-state index contributed by atoms with van der Waals surface area (Å²) in [4.78, 5) is 20.8. The Morgan fingerprint density at radius 2 is 2.03 bits per heavy atom. The molecule has 30 heavy (non-hydrogen) atoms. The van der Waals surface area contributed by atoms with Crippen molar-refractivity contribution in [1.82, 2.24) is 19.8 Å². The van der Waals surface area contributed by atoms with Gasteiger partial charge in [0.1, 0.15) is 6.04 Å². The molecule has 2 aromatic heterocycles. The minimum atomic E-state index is -3.87. The molecule has 3 aromatic rings. The fourth-order valence-corrected chi connectivity index (χ4v) is 4.19. The first kappa shape index (κ1) is 21.9. The number of pyridine rings is 1. The highest BCUT2D eigenvalue weighted by Gasteiger charge is 2.27. The molecule has 0 bridgehead atoms. The van der Waals surface area contributed by atoms with Gasteiger partial charge in [-0.2, -0.15) is 21.5 Å². The van der Waals surface area contributed by atoms with E-state index in [0.29, 0.717) is 17.1 Å². The number of carbonyl (C=O) groups excluding carboxylic acids is 1. The number of aromatic nitrogens is 3. The number of sulfonamides is 1. The monoisotopic (exact) mass is 448 g/mol. The number of ether oxygens (including phenoxy) is 1. The number of rotatable bonds is 10. The summed E-state index contributed by atoms with van der Waals surface area (Å²) in [6, 6.07) is 10.3. The fourth-order valence-electron chi connectivity index (χ4n) is 2.47. The van der Waals surface area contributed by atoms with Crippen LogP contribution >= 0.6 is 11.8 Å². The van der Waals surface area contributed by atoms with E-state index in [1.807, 2.05) is 6.26 Å². The van der Waals surface area contributed by atoms with Crippen LogP contribution in [0.25, 0.3) is 11.4 Å². The molecule has 0 aliphatic heterocycles. The van der Waals surface area contributed by atoms with Crippen LogP contribution in [0.4, 0.5) is 0 Å². The summed E-state index contributed by atoms with van der Waals surface area (Å²) < 4.78 is 37.9. The Hall–Kier alpha value is -2.76. The summed E-state index contributed by atoms with van der Waals surface area (Å²) in [5, 5.41) is 3.83. The Kier molecular flexibility index (Phi) is 7.55. The molecule has 11 heteroatoms. The Bertz CT molecular complexity index is 1060. The lowest BCUT2D eigenvalue weighted by molar-refractivity contribution is -0.147. The van der Waals surface area contributed by atoms with Crippen molar-refractivity contribution in [3.63, 3.8) is 0 Å². The predicted molar refractivity (Wildman–Crippen MR) is 111 cm³/mol. The van der Waals surface area contributed by atoms with Gasteiger partial charge in [0.05, 0.1) is 4.90 Å². The smallest absolute Gasteiger partial charge is 0.324 e. The SMILES string of the molecule is CSCCC(NS(=O)(=O)c1ccccc1)C(=O)OCc1nc(-c2cccnc2)no1. The molecule has 1 N–H and O–H groups in total. The lowest BCUT2D eigenvalue weighted by Gasteiger charge is -2.17. The van der Waals surface area contributed by atoms with Gasteiger partial charge in [-0.15, -0.1) is 0 Å². The molecular formula is C19H20N4O5S2. The molecular weight excluding hydrogens is 428 g/mol. The molecule has 1 atom stereocenters. The molecule has 158 valence electrons. The van der Waals surface area contributed by atoms with Crippen LogP contribution in [0.2, 0.25) is 0 Å². The normalized spacial score (nSPS) is 12.4. The zero-order valence-corrected chi connectivity index (χ0v) is 17.7. The first-order valence-corrected chi connectivity index (χ1v) is 11.8. The van der Waals surface area contributed by atoms with Gasteiger partial charge in [0.2, 0.25) is 15.8 Å². The zero-order chi connectivity index (χ0) is 21.4. The molecule has 0 fully saturated rings. The second-order valence-electron chi connectivity index (χ2n) is 6.13. The van der Waals surface area contributed by atoms with E-state index in [9.17, 15) is 13.2 Å². The average Bonchev–Trinajstić information content (AvgIpc) is 3.25. The third kappa shape index (κ3) is 5.88. The van der Waals surface area contributed by atoms with E-state index in [2.05, 4.69) is 19.8 Å². The van der Waals surface area contributed by atoms with Gasteiger partial charge in [-0.1, -0.05) is 23.4 Å². The van der Waals surface area contributed by atoms with Crippen molar-refractivity contribution in [2.75, 3.05) is 12.0 Å². The molecule has 0 aliphatic carbocycles. The van der Waals surface area contributed by atoms with Crippen molar-refractivity contribution in [1.29, 1.82) is 0 Å². The molecule has 0 radical (unpaired) electrons. The predicted octanol–water partition coefficient (Wildman–Crippen LogP) is 2.28. The Balaban J connectivity index is 1.65. The molecule has 9 nitrogen and oxygen atoms in total. The Labute approximate surface area is 178 Å². The Morgan fingerprint density at radius 1 is 1.23 bits per heavy atom. The lowest BCUT2D eigenvalue weighted by atomic mass is 10.2. The number of nitrogens with one attached hydrogen (secondary N) is 1. The van der Waals surface area contributed by atoms with Crippen molar-refractivity contribution < 1.29 is 22.5 Å². The van der Waals surface area contributed by atoms with Crippen LogP contribution in [0.1, 0.15) is 12.3 Å². The summed E-state index contributed by atoms with van der Waals surface area (Å²) in [6.45, 7) is -0.269. The van der Waals surface area contributed by atoms with Crippen LogP contribution in [0.5, 0.6) is 0 Å². The van der Waals surface area contributed by atoms with Gasteiger partial charge in [-0.25, -0.2) is 8.42 Å². The average molecular weight is 449 g/mol. The van der Waals surface area contributed by atoms with E-state index >= 15 is 0 Å². The molecule has 1 unspecified atom stereocenters. The van der Waals surface area contributed by atoms with Gasteiger partial charge in [0.25, 0.3) is 5.89 Å². The van der Waals surface area contributed by atoms with E-state index < -0.39 is 22.0 Å². The van der Waals surface area contributed by atoms with E-state index in [-0.39, 0.29) is 23.8 Å². The summed E-state index contributed by atoms with van der Waals surface area (Å²) >= 11 is 1.50. The quantitative estimate of drug-likeness (QED) is 0.465. The molecule has 0 spiro atoms. The number of benzene rings is 1. The molecule has 2 heterocycles. The second-order valence-corrected chi connectivity index (χ2v) is 8.83. The topological polar surface area (TPSA) is 124 Å². The number of thioether (sulfide) groups is 1. The highest BCUT2D eigenvalue weighted by molar-refractivity contribution is 7.98. The van der Waals surface area contributed by atoms with Crippen LogP contribution < -0.4 is 4.72 Å². The van der Waals surface area contributed by atoms with E-state index in [4.69, 9.17) is 9.26 Å². The largest absolute Gasteiger partial charge is 0.454 e. The van der Waals surface area contributed by atoms with Crippen LogP contribution in [0.15, 0.2) is 64.3 Å². The molecule has 0 saturated carbocycles. The van der Waals surface area contributed by atoms with Gasteiger partial charge < -0.3 is 9.26 Å². The Morgan fingerprint density at radius 3 is 2.73 bits per heavy atom. The van der Waals surface area contributed by atoms with E-state index in [1.165, 1.54) is 23.9 Å². The van der Waals surface area contributed by atoms with Gasteiger partial charge >= 0.3 is 5.97 Å². The highest BCUT2D eigenvalue weighted by atomic mass is 32.2. The van der Waals surface area contributed by atoms with Gasteiger partial charge in [-0.05, 0) is 42.7 Å². The number of hydrogen-bond donors (Lipinski definition) is 1. The van der Waals surface area contributed by atoms with Crippen molar-refractivity contribution in [3.8, 4) is 11.4 Å². The number of nitrogens with zero attached hydrogens (tertiary/aromatic N) is 3. The van der Waals surface area contributed by atoms with Crippen LogP contribution in [-0.2, 0) is 26.2 Å². The standard InChI is InChI=1S/C19H20N4O5S2/c1-29-11-9-16(23-30(25,26)15-7-3-2-4-8-15)19(24)27-13-17-21-18(22-28-17)14-6-5-10-20-12-14/h2-8,10,12,16,23H,9,11,13H2,1H3. The van der Waals surface area contributed by atoms with Crippen molar-refractivity contribution in [3.05, 3.63) is 60.7 Å². The van der Waals surface area contributed by atoms with Crippen LogP contribution in [-0.4, -0.2) is 47.6 Å². The number of hydrogen-bond acceptors (Lipinski definition) is 9. The molecule has 1 aromatic carbocycles. The first-order chi connectivity index (χ1) is 14.5. The maximum absolute atomic E-state index is 12.6. The minimum absolute atomic E-state index is 0.0740. The van der Waals surface area contributed by atoms with Crippen molar-refractivity contribution >= 4 is 27.8 Å². The summed E-state index contributed by atoms with van der Waals surface area (Å²) in [7, 11) is -3.87. The maximum Gasteiger partial charge on any atom is 0.324 e. The highest BCUT2D eigenvalue weighted by Crippen LogP contribution is 2.15. The summed E-state index contributed by atoms with van der Waals surface area (Å²) in [5.41, 5.74) is 0.660.